The lowest BCUT2D eigenvalue weighted by Crippen LogP contribution is -2.54. The molecule has 16 nitrogen and oxygen atoms in total. The molecular formula is C40H41N9O7S. The Bertz CT molecular complexity index is 2400. The second-order valence-electron chi connectivity index (χ2n) is 14.7. The summed E-state index contributed by atoms with van der Waals surface area (Å²) in [5, 5.41) is 6.04. The summed E-state index contributed by atoms with van der Waals surface area (Å²) >= 11 is 1.32. The first-order valence-corrected chi connectivity index (χ1v) is 20.1. The molecule has 0 spiro atoms. The Balaban J connectivity index is 0.859. The summed E-state index contributed by atoms with van der Waals surface area (Å²) in [7, 11) is 0. The molecule has 294 valence electrons. The Hall–Kier alpha value is -5.97. The van der Waals surface area contributed by atoms with Gasteiger partial charge in [0.05, 0.1) is 28.6 Å². The Morgan fingerprint density at radius 2 is 1.70 bits per heavy atom. The predicted octanol–water partition coefficient (Wildman–Crippen LogP) is 3.79. The van der Waals surface area contributed by atoms with Crippen LogP contribution in [0.2, 0.25) is 0 Å². The molecule has 3 fully saturated rings. The molecule has 8 rings (SSSR count). The van der Waals surface area contributed by atoms with Gasteiger partial charge in [0.2, 0.25) is 23.7 Å². The maximum Gasteiger partial charge on any atom is 0.263 e. The van der Waals surface area contributed by atoms with Crippen LogP contribution in [0.1, 0.15) is 94.5 Å². The first kappa shape index (κ1) is 37.9. The van der Waals surface area contributed by atoms with Gasteiger partial charge in [0.25, 0.3) is 17.4 Å². The molecule has 17 heteroatoms. The van der Waals surface area contributed by atoms with E-state index in [-0.39, 0.29) is 59.2 Å². The van der Waals surface area contributed by atoms with Gasteiger partial charge in [-0.25, -0.2) is 9.97 Å². The zero-order chi connectivity index (χ0) is 40.0. The van der Waals surface area contributed by atoms with Gasteiger partial charge in [-0.2, -0.15) is 4.98 Å². The Kier molecular flexibility index (Phi) is 10.3. The van der Waals surface area contributed by atoms with E-state index in [1.54, 1.807) is 42.1 Å². The van der Waals surface area contributed by atoms with Crippen molar-refractivity contribution in [1.29, 1.82) is 0 Å². The largest absolute Gasteiger partial charge is 0.367 e. The number of carbonyl (C=O) groups excluding carboxylic acids is 6. The Morgan fingerprint density at radius 3 is 2.40 bits per heavy atom. The van der Waals surface area contributed by atoms with Gasteiger partial charge >= 0.3 is 0 Å². The van der Waals surface area contributed by atoms with Crippen molar-refractivity contribution in [1.82, 2.24) is 34.6 Å². The minimum atomic E-state index is -1.04. The molecule has 0 radical (unpaired) electrons. The zero-order valence-electron chi connectivity index (χ0n) is 31.6. The maximum atomic E-state index is 13.6. The van der Waals surface area contributed by atoms with E-state index in [2.05, 4.69) is 25.5 Å². The molecule has 5 amide bonds. The van der Waals surface area contributed by atoms with Crippen LogP contribution in [-0.2, 0) is 14.4 Å². The Morgan fingerprint density at radius 1 is 0.930 bits per heavy atom. The van der Waals surface area contributed by atoms with Crippen molar-refractivity contribution in [3.63, 3.8) is 0 Å². The molecule has 1 aromatic carbocycles. The van der Waals surface area contributed by atoms with Gasteiger partial charge in [0.15, 0.2) is 5.78 Å². The van der Waals surface area contributed by atoms with Gasteiger partial charge in [-0.1, -0.05) is 18.9 Å². The number of thioether (sulfide) groups is 1. The number of benzene rings is 1. The van der Waals surface area contributed by atoms with E-state index in [0.29, 0.717) is 65.2 Å². The highest BCUT2D eigenvalue weighted by Gasteiger charge is 2.45. The summed E-state index contributed by atoms with van der Waals surface area (Å²) in [5.41, 5.74) is 2.30. The van der Waals surface area contributed by atoms with Crippen molar-refractivity contribution in [2.75, 3.05) is 42.1 Å². The summed E-state index contributed by atoms with van der Waals surface area (Å²) in [5.74, 6) is -1.29. The van der Waals surface area contributed by atoms with Crippen LogP contribution in [0.15, 0.2) is 52.4 Å². The standard InChI is InChI=1S/C40H41N9O7S/c1-22-27-21-42-40(45-35(27)48(24-6-3-4-7-24)38(55)33(22)23(2)50)43-30-12-10-25(20-41-30)46-15-17-47(18-16-46)32(52)14-19-57-29-9-5-8-26-34(29)39(56)49(37(26)54)28-11-13-31(51)44-36(28)53/h5,8-10,12,20-21,24,28H,3-4,6-7,11,13-19H2,1-2H3,(H,44,51,53)(H,41,42,43,45). The van der Waals surface area contributed by atoms with Crippen molar-refractivity contribution in [3.8, 4) is 0 Å². The van der Waals surface area contributed by atoms with E-state index < -0.39 is 29.7 Å². The summed E-state index contributed by atoms with van der Waals surface area (Å²) in [4.78, 5) is 109. The van der Waals surface area contributed by atoms with Gasteiger partial charge in [0, 0.05) is 67.3 Å². The third-order valence-electron chi connectivity index (χ3n) is 11.2. The molecule has 2 saturated heterocycles. The van der Waals surface area contributed by atoms with E-state index in [4.69, 9.17) is 4.98 Å². The van der Waals surface area contributed by atoms with Crippen molar-refractivity contribution < 1.29 is 28.8 Å². The molecule has 6 heterocycles. The van der Waals surface area contributed by atoms with Crippen molar-refractivity contribution in [2.45, 2.75) is 75.8 Å². The van der Waals surface area contributed by atoms with Crippen LogP contribution in [0.5, 0.6) is 0 Å². The number of rotatable bonds is 10. The lowest BCUT2D eigenvalue weighted by atomic mass is 10.0. The lowest BCUT2D eigenvalue weighted by molar-refractivity contribution is -0.136. The van der Waals surface area contributed by atoms with E-state index in [9.17, 15) is 33.6 Å². The molecule has 3 aromatic heterocycles. The number of nitrogens with zero attached hydrogens (tertiary/aromatic N) is 7. The number of piperazine rings is 1. The average Bonchev–Trinajstić information content (AvgIpc) is 3.81. The van der Waals surface area contributed by atoms with Crippen molar-refractivity contribution >= 4 is 75.6 Å². The number of piperidine rings is 1. The summed E-state index contributed by atoms with van der Waals surface area (Å²) in [6.45, 7) is 5.45. The molecule has 1 unspecified atom stereocenters. The average molecular weight is 792 g/mol. The highest BCUT2D eigenvalue weighted by molar-refractivity contribution is 7.99. The summed E-state index contributed by atoms with van der Waals surface area (Å²) < 4.78 is 1.68. The second kappa shape index (κ2) is 15.5. The number of hydrogen-bond donors (Lipinski definition) is 2. The monoisotopic (exact) mass is 791 g/mol. The fraction of sp³-hybridized carbons (Fsp3) is 0.400. The zero-order valence-corrected chi connectivity index (χ0v) is 32.4. The number of aryl methyl sites for hydroxylation is 1. The molecular weight excluding hydrogens is 751 g/mol. The van der Waals surface area contributed by atoms with Crippen molar-refractivity contribution in [2.24, 2.45) is 0 Å². The van der Waals surface area contributed by atoms with E-state index in [0.717, 1.165) is 36.3 Å². The van der Waals surface area contributed by atoms with Crippen LogP contribution in [-0.4, -0.2) is 103 Å². The van der Waals surface area contributed by atoms with Gasteiger partial charge < -0.3 is 15.1 Å². The first-order valence-electron chi connectivity index (χ1n) is 19.2. The normalized spacial score (nSPS) is 18.7. The van der Waals surface area contributed by atoms with Crippen molar-refractivity contribution in [3.05, 3.63) is 75.3 Å². The van der Waals surface area contributed by atoms with E-state index in [1.807, 2.05) is 17.0 Å². The quantitative estimate of drug-likeness (QED) is 0.134. The number of nitrogens with one attached hydrogen (secondary N) is 2. The van der Waals surface area contributed by atoms with Gasteiger partial charge in [-0.3, -0.25) is 48.3 Å². The fourth-order valence-corrected chi connectivity index (χ4v) is 9.31. The minimum absolute atomic E-state index is 0.0126. The minimum Gasteiger partial charge on any atom is -0.367 e. The van der Waals surface area contributed by atoms with Crippen LogP contribution >= 0.6 is 11.8 Å². The molecule has 4 aliphatic rings. The van der Waals surface area contributed by atoms with Gasteiger partial charge in [0.1, 0.15) is 17.5 Å². The molecule has 0 bridgehead atoms. The number of pyridine rings is 2. The van der Waals surface area contributed by atoms with E-state index in [1.165, 1.54) is 18.7 Å². The third-order valence-corrected chi connectivity index (χ3v) is 12.3. The first-order chi connectivity index (χ1) is 27.5. The SMILES string of the molecule is CC(=O)c1c(C)c2cnc(Nc3ccc(N4CCN(C(=O)CCSc5cccc6c5C(=O)N(C5CCC(=O)NC5=O)C6=O)CC4)cn3)nc2n(C2CCCC2)c1=O. The van der Waals surface area contributed by atoms with Crippen LogP contribution < -0.4 is 21.1 Å². The number of fused-ring (bicyclic) bond motifs is 2. The molecule has 1 atom stereocenters. The fourth-order valence-electron chi connectivity index (χ4n) is 8.30. The second-order valence-corrected chi connectivity index (χ2v) is 15.9. The topological polar surface area (TPSA) is 197 Å². The van der Waals surface area contributed by atoms with Gasteiger partial charge in [-0.15, -0.1) is 11.8 Å². The smallest absolute Gasteiger partial charge is 0.263 e. The summed E-state index contributed by atoms with van der Waals surface area (Å²) in [6, 6.07) is 7.67. The third kappa shape index (κ3) is 7.15. The highest BCUT2D eigenvalue weighted by atomic mass is 32.2. The number of anilines is 3. The number of hydrogen-bond acceptors (Lipinski definition) is 13. The molecule has 57 heavy (non-hydrogen) atoms. The van der Waals surface area contributed by atoms with Crippen LogP contribution in [0, 0.1) is 6.92 Å². The number of Topliss-reactive ketones (excluding diaryl/α,β-unsaturated/α-hetero) is 1. The number of aromatic nitrogens is 4. The lowest BCUT2D eigenvalue weighted by Gasteiger charge is -2.36. The number of carbonyl (C=O) groups is 6. The van der Waals surface area contributed by atoms with E-state index >= 15 is 0 Å². The van der Waals surface area contributed by atoms with Crippen LogP contribution in [0.25, 0.3) is 11.0 Å². The molecule has 2 N–H and O–H groups in total. The molecule has 1 saturated carbocycles. The molecule has 1 aliphatic carbocycles. The summed E-state index contributed by atoms with van der Waals surface area (Å²) in [6.07, 6.45) is 7.50. The predicted molar refractivity (Wildman–Crippen MR) is 211 cm³/mol. The van der Waals surface area contributed by atoms with Crippen LogP contribution in [0.3, 0.4) is 0 Å². The van der Waals surface area contributed by atoms with Gasteiger partial charge in [-0.05, 0) is 62.9 Å². The highest BCUT2D eigenvalue weighted by Crippen LogP contribution is 2.35. The van der Waals surface area contributed by atoms with Crippen LogP contribution in [0.4, 0.5) is 17.5 Å². The number of amides is 5. The maximum absolute atomic E-state index is 13.6. The molecule has 4 aromatic rings. The number of imide groups is 2. The number of ketones is 1. The Labute approximate surface area is 331 Å². The molecule has 3 aliphatic heterocycles.